The van der Waals surface area contributed by atoms with Gasteiger partial charge in [-0.3, -0.25) is 19.3 Å². The van der Waals surface area contributed by atoms with Crippen LogP contribution in [0.25, 0.3) is 5.69 Å². The third-order valence-electron chi connectivity index (χ3n) is 4.79. The number of imide groups is 2. The largest absolute Gasteiger partial charge is 0.334 e. The van der Waals surface area contributed by atoms with Crippen molar-refractivity contribution in [2.75, 3.05) is 6.54 Å². The number of aromatic nitrogens is 1. The number of urea groups is 1. The molecule has 1 aromatic heterocycles. The number of carbonyl (C=O) groups is 4. The van der Waals surface area contributed by atoms with Crippen LogP contribution in [0.5, 0.6) is 0 Å². The zero-order valence-corrected chi connectivity index (χ0v) is 17.1. The van der Waals surface area contributed by atoms with Crippen LogP contribution in [0.4, 0.5) is 9.18 Å². The van der Waals surface area contributed by atoms with E-state index in [1.807, 2.05) is 0 Å². The fraction of sp³-hybridized carbons (Fsp3) is 0.300. The maximum atomic E-state index is 13.5. The number of aryl methyl sites for hydroxylation is 1. The van der Waals surface area contributed by atoms with Gasteiger partial charge in [0.15, 0.2) is 5.78 Å². The minimum Gasteiger partial charge on any atom is -0.318 e. The summed E-state index contributed by atoms with van der Waals surface area (Å²) in [5, 5.41) is -0.0524. The van der Waals surface area contributed by atoms with E-state index < -0.39 is 42.0 Å². The van der Waals surface area contributed by atoms with Crippen molar-refractivity contribution in [2.24, 2.45) is 0 Å². The second kappa shape index (κ2) is 7.44. The molecule has 0 atom stereocenters. The molecular formula is C20H19ClFN3O4. The second-order valence-electron chi connectivity index (χ2n) is 7.08. The van der Waals surface area contributed by atoms with E-state index in [1.54, 1.807) is 38.3 Å². The van der Waals surface area contributed by atoms with Crippen LogP contribution in [-0.2, 0) is 9.59 Å². The summed E-state index contributed by atoms with van der Waals surface area (Å²) in [4.78, 5) is 50.9. The number of Topliss-reactive ketones (excluding diaryl/α,β-unsaturated/α-hetero) is 1. The summed E-state index contributed by atoms with van der Waals surface area (Å²) in [5.41, 5.74) is 2.09. The van der Waals surface area contributed by atoms with Gasteiger partial charge in [0.05, 0.1) is 11.6 Å². The fourth-order valence-electron chi connectivity index (χ4n) is 3.41. The van der Waals surface area contributed by atoms with Gasteiger partial charge in [0.1, 0.15) is 5.82 Å². The van der Waals surface area contributed by atoms with Crippen molar-refractivity contribution in [3.8, 4) is 5.69 Å². The van der Waals surface area contributed by atoms with Crippen molar-refractivity contribution in [3.63, 3.8) is 0 Å². The highest BCUT2D eigenvalue weighted by molar-refractivity contribution is 6.45. The molecule has 0 saturated carbocycles. The van der Waals surface area contributed by atoms with E-state index in [0.717, 1.165) is 4.90 Å². The summed E-state index contributed by atoms with van der Waals surface area (Å²) in [6.07, 6.45) is 0. The molecule has 3 rings (SSSR count). The van der Waals surface area contributed by atoms with Crippen molar-refractivity contribution < 1.29 is 23.6 Å². The van der Waals surface area contributed by atoms with E-state index in [2.05, 4.69) is 0 Å². The minimum absolute atomic E-state index is 0.0524. The number of nitrogens with zero attached hydrogens (tertiary/aromatic N) is 3. The Morgan fingerprint density at radius 1 is 1.10 bits per heavy atom. The summed E-state index contributed by atoms with van der Waals surface area (Å²) < 4.78 is 15.2. The molecule has 9 heteroatoms. The molecule has 1 saturated heterocycles. The summed E-state index contributed by atoms with van der Waals surface area (Å²) in [7, 11) is 0. The van der Waals surface area contributed by atoms with Gasteiger partial charge in [-0.15, -0.1) is 0 Å². The van der Waals surface area contributed by atoms with E-state index in [9.17, 15) is 23.6 Å². The molecule has 0 unspecified atom stereocenters. The van der Waals surface area contributed by atoms with Crippen molar-refractivity contribution >= 4 is 35.2 Å². The lowest BCUT2D eigenvalue weighted by molar-refractivity contribution is -0.143. The topological polar surface area (TPSA) is 79.7 Å². The quantitative estimate of drug-likeness (QED) is 0.423. The van der Waals surface area contributed by atoms with E-state index in [1.165, 1.54) is 18.2 Å². The molecule has 7 nitrogen and oxygen atoms in total. The third kappa shape index (κ3) is 3.44. The zero-order chi connectivity index (χ0) is 21.6. The lowest BCUT2D eigenvalue weighted by atomic mass is 10.1. The van der Waals surface area contributed by atoms with Crippen LogP contribution in [0.3, 0.4) is 0 Å². The van der Waals surface area contributed by atoms with Crippen LogP contribution in [0, 0.1) is 19.7 Å². The van der Waals surface area contributed by atoms with Gasteiger partial charge in [-0.05, 0) is 52.0 Å². The normalized spacial score (nSPS) is 14.5. The number of rotatable bonds is 5. The molecule has 0 radical (unpaired) electrons. The molecule has 0 bridgehead atoms. The average Bonchev–Trinajstić information content (AvgIpc) is 3.05. The third-order valence-corrected chi connectivity index (χ3v) is 5.08. The minimum atomic E-state index is -1.02. The SMILES string of the molecule is Cc1cc(C(=O)CN2C(=O)C(=O)N(C(C)C)C2=O)c(C)n1-c1ccc(F)c(Cl)c1. The molecule has 29 heavy (non-hydrogen) atoms. The van der Waals surface area contributed by atoms with Crippen molar-refractivity contribution in [3.05, 3.63) is 52.1 Å². The average molecular weight is 420 g/mol. The highest BCUT2D eigenvalue weighted by atomic mass is 35.5. The first-order chi connectivity index (χ1) is 13.5. The molecule has 0 aliphatic carbocycles. The maximum absolute atomic E-state index is 13.5. The van der Waals surface area contributed by atoms with Crippen molar-refractivity contribution in [1.82, 2.24) is 14.4 Å². The van der Waals surface area contributed by atoms with Gasteiger partial charge < -0.3 is 4.57 Å². The zero-order valence-electron chi connectivity index (χ0n) is 16.3. The fourth-order valence-corrected chi connectivity index (χ4v) is 3.59. The number of carbonyl (C=O) groups excluding carboxylic acids is 4. The Kier molecular flexibility index (Phi) is 5.32. The van der Waals surface area contributed by atoms with Gasteiger partial charge in [0.25, 0.3) is 0 Å². The van der Waals surface area contributed by atoms with Gasteiger partial charge in [-0.25, -0.2) is 14.1 Å². The number of halogens is 2. The van der Waals surface area contributed by atoms with Crippen molar-refractivity contribution in [2.45, 2.75) is 33.7 Å². The Morgan fingerprint density at radius 3 is 2.31 bits per heavy atom. The second-order valence-corrected chi connectivity index (χ2v) is 7.49. The first-order valence-electron chi connectivity index (χ1n) is 8.91. The Bertz CT molecular complexity index is 1060. The summed E-state index contributed by atoms with van der Waals surface area (Å²) >= 11 is 5.86. The van der Waals surface area contributed by atoms with Gasteiger partial charge in [-0.2, -0.15) is 0 Å². The van der Waals surface area contributed by atoms with Crippen molar-refractivity contribution in [1.29, 1.82) is 0 Å². The van der Waals surface area contributed by atoms with Crippen LogP contribution in [-0.4, -0.2) is 50.6 Å². The lowest BCUT2D eigenvalue weighted by Gasteiger charge is -2.18. The molecular weight excluding hydrogens is 401 g/mol. The van der Waals surface area contributed by atoms with Gasteiger partial charge in [0, 0.05) is 28.7 Å². The maximum Gasteiger partial charge on any atom is 0.334 e. The Morgan fingerprint density at radius 2 is 1.76 bits per heavy atom. The van der Waals surface area contributed by atoms with Crippen LogP contribution in [0.1, 0.15) is 35.6 Å². The number of ketones is 1. The molecule has 2 aromatic rings. The number of benzene rings is 1. The molecule has 4 amide bonds. The van der Waals surface area contributed by atoms with Gasteiger partial charge in [0.2, 0.25) is 0 Å². The Balaban J connectivity index is 1.91. The molecule has 0 N–H and O–H groups in total. The van der Waals surface area contributed by atoms with Crippen LogP contribution < -0.4 is 0 Å². The van der Waals surface area contributed by atoms with Gasteiger partial charge in [-0.1, -0.05) is 11.6 Å². The molecule has 1 aliphatic heterocycles. The van der Waals surface area contributed by atoms with E-state index in [-0.39, 0.29) is 5.02 Å². The summed E-state index contributed by atoms with van der Waals surface area (Å²) in [6, 6.07) is 4.52. The highest BCUT2D eigenvalue weighted by Gasteiger charge is 2.46. The molecule has 152 valence electrons. The number of hydrogen-bond acceptors (Lipinski definition) is 4. The van der Waals surface area contributed by atoms with Crippen LogP contribution in [0.15, 0.2) is 24.3 Å². The highest BCUT2D eigenvalue weighted by Crippen LogP contribution is 2.25. The van der Waals surface area contributed by atoms with E-state index in [4.69, 9.17) is 11.6 Å². The first-order valence-corrected chi connectivity index (χ1v) is 9.29. The Hall–Kier alpha value is -3.00. The number of amides is 4. The predicted molar refractivity (Wildman–Crippen MR) is 104 cm³/mol. The first kappa shape index (κ1) is 20.7. The van der Waals surface area contributed by atoms with E-state index in [0.29, 0.717) is 27.5 Å². The van der Waals surface area contributed by atoms with E-state index >= 15 is 0 Å². The molecule has 1 fully saturated rings. The monoisotopic (exact) mass is 419 g/mol. The lowest BCUT2D eigenvalue weighted by Crippen LogP contribution is -2.39. The molecule has 1 aromatic carbocycles. The predicted octanol–water partition coefficient (Wildman–Crippen LogP) is 3.27. The summed E-state index contributed by atoms with van der Waals surface area (Å²) in [6.45, 7) is 6.13. The standard InChI is InChI=1S/C20H19ClFN3O4/c1-10(2)24-19(28)18(27)23(20(24)29)9-17(26)14-7-11(3)25(12(14)4)13-5-6-16(22)15(21)8-13/h5-8,10H,9H2,1-4H3. The van der Waals surface area contributed by atoms with Crippen LogP contribution in [0.2, 0.25) is 5.02 Å². The molecule has 0 spiro atoms. The Labute approximate surface area is 171 Å². The molecule has 1 aliphatic rings. The number of hydrogen-bond donors (Lipinski definition) is 0. The molecule has 2 heterocycles. The summed E-state index contributed by atoms with van der Waals surface area (Å²) in [5.74, 6) is -3.00. The van der Waals surface area contributed by atoms with Gasteiger partial charge >= 0.3 is 17.8 Å². The van der Waals surface area contributed by atoms with Crippen LogP contribution >= 0.6 is 11.6 Å². The smallest absolute Gasteiger partial charge is 0.318 e.